The highest BCUT2D eigenvalue weighted by Crippen LogP contribution is 2.16. The van der Waals surface area contributed by atoms with Gasteiger partial charge in [0.2, 0.25) is 5.91 Å². The van der Waals surface area contributed by atoms with Crippen LogP contribution in [0, 0.1) is 11.8 Å². The van der Waals surface area contributed by atoms with Crippen molar-refractivity contribution in [2.75, 3.05) is 26.2 Å². The number of hydrogen-bond donors (Lipinski definition) is 2. The number of nitrogens with zero attached hydrogens (tertiary/aromatic N) is 1. The first-order valence-corrected chi connectivity index (χ1v) is 6.22. The highest BCUT2D eigenvalue weighted by Gasteiger charge is 2.25. The van der Waals surface area contributed by atoms with Crippen molar-refractivity contribution < 1.29 is 4.79 Å². The molecule has 2 unspecified atom stereocenters. The van der Waals surface area contributed by atoms with E-state index < -0.39 is 0 Å². The first-order valence-electron chi connectivity index (χ1n) is 6.22. The Labute approximate surface area is 98.6 Å². The predicted molar refractivity (Wildman–Crippen MR) is 66.0 cm³/mol. The van der Waals surface area contributed by atoms with Gasteiger partial charge in [0.15, 0.2) is 0 Å². The molecule has 0 aromatic rings. The second kappa shape index (κ2) is 6.21. The number of piperidine rings is 1. The molecule has 1 saturated heterocycles. The van der Waals surface area contributed by atoms with E-state index in [0.717, 1.165) is 26.1 Å². The molecular formula is C12H25N3O. The fourth-order valence-electron chi connectivity index (χ4n) is 2.42. The normalized spacial score (nSPS) is 26.3. The smallest absolute Gasteiger partial charge is 0.231 e. The van der Waals surface area contributed by atoms with Gasteiger partial charge in [0.25, 0.3) is 0 Å². The summed E-state index contributed by atoms with van der Waals surface area (Å²) in [5.41, 5.74) is 5.31. The lowest BCUT2D eigenvalue weighted by Gasteiger charge is -2.37. The average molecular weight is 227 g/mol. The van der Waals surface area contributed by atoms with Crippen molar-refractivity contribution in [2.24, 2.45) is 17.6 Å². The molecule has 0 radical (unpaired) electrons. The standard InChI is InChI=1S/C12H25N3O/c1-9(2)7-15(8-12(13)16)11-4-10(3)5-14-6-11/h9-11,14H,4-8H2,1-3H3,(H2,13,16). The van der Waals surface area contributed by atoms with Crippen LogP contribution in [0.5, 0.6) is 0 Å². The molecule has 16 heavy (non-hydrogen) atoms. The van der Waals surface area contributed by atoms with Gasteiger partial charge < -0.3 is 11.1 Å². The maximum Gasteiger partial charge on any atom is 0.231 e. The second-order valence-corrected chi connectivity index (χ2v) is 5.44. The Morgan fingerprint density at radius 3 is 2.69 bits per heavy atom. The molecule has 1 amide bonds. The van der Waals surface area contributed by atoms with Crippen LogP contribution in [0.4, 0.5) is 0 Å². The Morgan fingerprint density at radius 2 is 2.19 bits per heavy atom. The van der Waals surface area contributed by atoms with Crippen LogP contribution in [0.15, 0.2) is 0 Å². The number of rotatable bonds is 5. The first-order chi connectivity index (χ1) is 7.49. The summed E-state index contributed by atoms with van der Waals surface area (Å²) in [6.45, 7) is 9.99. The van der Waals surface area contributed by atoms with Gasteiger partial charge in [0.05, 0.1) is 6.54 Å². The summed E-state index contributed by atoms with van der Waals surface area (Å²) in [5.74, 6) is 1.02. The zero-order chi connectivity index (χ0) is 12.1. The minimum atomic E-state index is -0.223. The van der Waals surface area contributed by atoms with Gasteiger partial charge in [0.1, 0.15) is 0 Å². The molecule has 0 aromatic heterocycles. The number of nitrogens with two attached hydrogens (primary N) is 1. The molecule has 1 fully saturated rings. The van der Waals surface area contributed by atoms with Crippen molar-refractivity contribution in [1.82, 2.24) is 10.2 Å². The molecule has 1 aliphatic rings. The molecule has 1 rings (SSSR count). The molecular weight excluding hydrogens is 202 g/mol. The molecule has 0 bridgehead atoms. The number of carbonyl (C=O) groups excluding carboxylic acids is 1. The number of hydrogen-bond acceptors (Lipinski definition) is 3. The molecule has 0 spiro atoms. The van der Waals surface area contributed by atoms with Crippen molar-refractivity contribution in [3.63, 3.8) is 0 Å². The van der Waals surface area contributed by atoms with Gasteiger partial charge in [-0.25, -0.2) is 0 Å². The van der Waals surface area contributed by atoms with Crippen LogP contribution in [0.25, 0.3) is 0 Å². The summed E-state index contributed by atoms with van der Waals surface area (Å²) >= 11 is 0. The minimum absolute atomic E-state index is 0.223. The van der Waals surface area contributed by atoms with Crippen molar-refractivity contribution >= 4 is 5.91 Å². The fraction of sp³-hybridized carbons (Fsp3) is 0.917. The third kappa shape index (κ3) is 4.49. The van der Waals surface area contributed by atoms with E-state index in [1.54, 1.807) is 0 Å². The van der Waals surface area contributed by atoms with E-state index in [1.165, 1.54) is 0 Å². The third-order valence-corrected chi connectivity index (χ3v) is 3.02. The fourth-order valence-corrected chi connectivity index (χ4v) is 2.42. The number of carbonyl (C=O) groups is 1. The lowest BCUT2D eigenvalue weighted by molar-refractivity contribution is -0.120. The molecule has 94 valence electrons. The number of primary amides is 1. The van der Waals surface area contributed by atoms with Crippen LogP contribution in [-0.2, 0) is 4.79 Å². The van der Waals surface area contributed by atoms with Gasteiger partial charge >= 0.3 is 0 Å². The maximum atomic E-state index is 11.1. The van der Waals surface area contributed by atoms with Crippen LogP contribution in [0.2, 0.25) is 0 Å². The average Bonchev–Trinajstić information content (AvgIpc) is 2.15. The molecule has 0 aromatic carbocycles. The molecule has 0 aliphatic carbocycles. The lowest BCUT2D eigenvalue weighted by Crippen LogP contribution is -2.51. The third-order valence-electron chi connectivity index (χ3n) is 3.02. The summed E-state index contributed by atoms with van der Waals surface area (Å²) in [4.78, 5) is 13.3. The van der Waals surface area contributed by atoms with Crippen molar-refractivity contribution in [3.8, 4) is 0 Å². The van der Waals surface area contributed by atoms with Crippen LogP contribution in [0.3, 0.4) is 0 Å². The minimum Gasteiger partial charge on any atom is -0.369 e. The van der Waals surface area contributed by atoms with Gasteiger partial charge in [-0.3, -0.25) is 9.69 Å². The quantitative estimate of drug-likeness (QED) is 0.716. The van der Waals surface area contributed by atoms with Crippen LogP contribution in [-0.4, -0.2) is 43.0 Å². The Hall–Kier alpha value is -0.610. The van der Waals surface area contributed by atoms with E-state index >= 15 is 0 Å². The zero-order valence-corrected chi connectivity index (χ0v) is 10.7. The van der Waals surface area contributed by atoms with E-state index in [9.17, 15) is 4.79 Å². The molecule has 1 heterocycles. The van der Waals surface area contributed by atoms with Gasteiger partial charge in [-0.15, -0.1) is 0 Å². The van der Waals surface area contributed by atoms with Crippen LogP contribution in [0.1, 0.15) is 27.2 Å². The molecule has 0 saturated carbocycles. The first kappa shape index (κ1) is 13.5. The number of amides is 1. The van der Waals surface area contributed by atoms with E-state index in [4.69, 9.17) is 5.73 Å². The molecule has 1 aliphatic heterocycles. The molecule has 3 N–H and O–H groups in total. The molecule has 4 nitrogen and oxygen atoms in total. The predicted octanol–water partition coefficient (Wildman–Crippen LogP) is 0.428. The summed E-state index contributed by atoms with van der Waals surface area (Å²) in [5, 5.41) is 3.42. The zero-order valence-electron chi connectivity index (χ0n) is 10.7. The summed E-state index contributed by atoms with van der Waals surface area (Å²) in [7, 11) is 0. The van der Waals surface area contributed by atoms with Crippen molar-refractivity contribution in [1.29, 1.82) is 0 Å². The largest absolute Gasteiger partial charge is 0.369 e. The van der Waals surface area contributed by atoms with Crippen LogP contribution >= 0.6 is 0 Å². The monoisotopic (exact) mass is 227 g/mol. The maximum absolute atomic E-state index is 11.1. The van der Waals surface area contributed by atoms with Gasteiger partial charge in [-0.05, 0) is 24.8 Å². The SMILES string of the molecule is CC(C)CN(CC(N)=O)C1CNCC(C)C1. The molecule has 2 atom stereocenters. The van der Waals surface area contributed by atoms with Gasteiger partial charge in [0, 0.05) is 19.1 Å². The lowest BCUT2D eigenvalue weighted by atomic mass is 9.96. The summed E-state index contributed by atoms with van der Waals surface area (Å²) in [6.07, 6.45) is 1.16. The Bertz CT molecular complexity index is 230. The van der Waals surface area contributed by atoms with E-state index in [2.05, 4.69) is 31.0 Å². The highest BCUT2D eigenvalue weighted by atomic mass is 16.1. The van der Waals surface area contributed by atoms with Crippen molar-refractivity contribution in [2.45, 2.75) is 33.2 Å². The van der Waals surface area contributed by atoms with E-state index in [0.29, 0.717) is 24.4 Å². The Balaban J connectivity index is 2.55. The second-order valence-electron chi connectivity index (χ2n) is 5.44. The van der Waals surface area contributed by atoms with Gasteiger partial charge in [-0.1, -0.05) is 20.8 Å². The van der Waals surface area contributed by atoms with Crippen LogP contribution < -0.4 is 11.1 Å². The Morgan fingerprint density at radius 1 is 1.50 bits per heavy atom. The van der Waals surface area contributed by atoms with Gasteiger partial charge in [-0.2, -0.15) is 0 Å². The van der Waals surface area contributed by atoms with E-state index in [-0.39, 0.29) is 5.91 Å². The topological polar surface area (TPSA) is 58.4 Å². The van der Waals surface area contributed by atoms with E-state index in [1.807, 2.05) is 0 Å². The Kier molecular flexibility index (Phi) is 5.22. The summed E-state index contributed by atoms with van der Waals surface area (Å²) in [6, 6.07) is 0.457. The summed E-state index contributed by atoms with van der Waals surface area (Å²) < 4.78 is 0. The number of nitrogens with one attached hydrogen (secondary N) is 1. The van der Waals surface area contributed by atoms with Crippen molar-refractivity contribution in [3.05, 3.63) is 0 Å². The highest BCUT2D eigenvalue weighted by molar-refractivity contribution is 5.75. The molecule has 4 heteroatoms.